The molecule has 1 atom stereocenters. The predicted octanol–water partition coefficient (Wildman–Crippen LogP) is 4.30. The van der Waals surface area contributed by atoms with Gasteiger partial charge in [0.15, 0.2) is 17.6 Å². The van der Waals surface area contributed by atoms with E-state index in [0.29, 0.717) is 23.1 Å². The fourth-order valence-electron chi connectivity index (χ4n) is 2.74. The number of methoxy groups -OCH3 is 1. The zero-order valence-electron chi connectivity index (χ0n) is 17.1. The van der Waals surface area contributed by atoms with Crippen LogP contribution in [0.4, 0.5) is 18.9 Å². The average Bonchev–Trinajstić information content (AvgIpc) is 3.34. The highest BCUT2D eigenvalue weighted by atomic mass is 32.1. The lowest BCUT2D eigenvalue weighted by Crippen LogP contribution is -2.39. The van der Waals surface area contributed by atoms with Crippen molar-refractivity contribution in [3.8, 4) is 28.4 Å². The number of aromatic nitrogens is 2. The average molecular weight is 481 g/mol. The number of thiocarbonyl (C=S) groups is 1. The van der Waals surface area contributed by atoms with Crippen LogP contribution < -0.4 is 19.5 Å². The summed E-state index contributed by atoms with van der Waals surface area (Å²) >= 11 is 5.52. The molecule has 0 saturated carbocycles. The lowest BCUT2D eigenvalue weighted by molar-refractivity contribution is -0.192. The lowest BCUT2D eigenvalue weighted by Gasteiger charge is -2.27. The first kappa shape index (κ1) is 23.9. The molecule has 33 heavy (non-hydrogen) atoms. The van der Waals surface area contributed by atoms with Crippen molar-refractivity contribution in [1.82, 2.24) is 10.2 Å². The summed E-state index contributed by atoms with van der Waals surface area (Å²) in [7, 11) is 1.62. The third-order valence-corrected chi connectivity index (χ3v) is 4.70. The fraction of sp³-hybridized carbons (Fsp3) is 0.190. The van der Waals surface area contributed by atoms with E-state index in [1.54, 1.807) is 13.3 Å². The summed E-state index contributed by atoms with van der Waals surface area (Å²) in [5.74, 6) is -0.653. The number of anilines is 1. The molecule has 0 bridgehead atoms. The van der Waals surface area contributed by atoms with Crippen LogP contribution in [-0.4, -0.2) is 52.3 Å². The van der Waals surface area contributed by atoms with Crippen molar-refractivity contribution in [3.63, 3.8) is 0 Å². The van der Waals surface area contributed by atoms with E-state index in [-0.39, 0.29) is 6.10 Å². The molecule has 12 heteroatoms. The Bertz CT molecular complexity index is 1120. The normalized spacial score (nSPS) is 14.5. The van der Waals surface area contributed by atoms with E-state index >= 15 is 0 Å². The SMILES string of the molecule is COc1cc(-c2cn[nH]c2)ccc1NC(=S)C1COc2ccccc2O1.O=C(O)C(F)(F)F. The van der Waals surface area contributed by atoms with Gasteiger partial charge in [0.05, 0.1) is 19.0 Å². The number of carboxylic acid groups (broad SMARTS) is 1. The molecule has 0 amide bonds. The molecule has 1 aromatic heterocycles. The maximum Gasteiger partial charge on any atom is 0.490 e. The van der Waals surface area contributed by atoms with Crippen LogP contribution in [0.15, 0.2) is 54.9 Å². The van der Waals surface area contributed by atoms with E-state index in [9.17, 15) is 13.2 Å². The Morgan fingerprint density at radius 2 is 1.94 bits per heavy atom. The van der Waals surface area contributed by atoms with Gasteiger partial charge in [-0.05, 0) is 29.8 Å². The molecule has 0 fully saturated rings. The van der Waals surface area contributed by atoms with E-state index in [1.165, 1.54) is 0 Å². The number of hydrogen-bond acceptors (Lipinski definition) is 6. The first-order valence-electron chi connectivity index (χ1n) is 9.35. The number of nitrogens with one attached hydrogen (secondary N) is 2. The maximum atomic E-state index is 10.6. The summed E-state index contributed by atoms with van der Waals surface area (Å²) in [6, 6.07) is 13.4. The fourth-order valence-corrected chi connectivity index (χ4v) is 2.97. The number of para-hydroxylation sites is 2. The van der Waals surface area contributed by atoms with Gasteiger partial charge in [0.1, 0.15) is 17.3 Å². The number of aromatic amines is 1. The molecule has 2 aromatic carbocycles. The number of aliphatic carboxylic acids is 1. The summed E-state index contributed by atoms with van der Waals surface area (Å²) in [5, 5.41) is 17.1. The van der Waals surface area contributed by atoms with Crippen LogP contribution in [0.1, 0.15) is 0 Å². The molecular formula is C21H18F3N3O5S. The summed E-state index contributed by atoms with van der Waals surface area (Å²) in [4.78, 5) is 9.43. The Hall–Kier alpha value is -3.80. The lowest BCUT2D eigenvalue weighted by atomic mass is 10.1. The van der Waals surface area contributed by atoms with Crippen LogP contribution in [-0.2, 0) is 4.79 Å². The monoisotopic (exact) mass is 481 g/mol. The predicted molar refractivity (Wildman–Crippen MR) is 117 cm³/mol. The largest absolute Gasteiger partial charge is 0.495 e. The van der Waals surface area contributed by atoms with E-state index in [0.717, 1.165) is 22.6 Å². The van der Waals surface area contributed by atoms with Crippen molar-refractivity contribution in [2.75, 3.05) is 19.0 Å². The third kappa shape index (κ3) is 6.13. The molecule has 3 N–H and O–H groups in total. The molecule has 0 radical (unpaired) electrons. The molecule has 0 saturated heterocycles. The first-order valence-corrected chi connectivity index (χ1v) is 9.76. The van der Waals surface area contributed by atoms with Gasteiger partial charge in [0, 0.05) is 11.8 Å². The minimum atomic E-state index is -5.08. The van der Waals surface area contributed by atoms with Crippen molar-refractivity contribution in [3.05, 3.63) is 54.9 Å². The molecule has 0 aliphatic carbocycles. The number of hydrogen-bond donors (Lipinski definition) is 3. The minimum Gasteiger partial charge on any atom is -0.495 e. The topological polar surface area (TPSA) is 106 Å². The highest BCUT2D eigenvalue weighted by molar-refractivity contribution is 7.80. The first-order chi connectivity index (χ1) is 15.7. The van der Waals surface area contributed by atoms with Crippen molar-refractivity contribution in [2.45, 2.75) is 12.3 Å². The Morgan fingerprint density at radius 1 is 1.24 bits per heavy atom. The van der Waals surface area contributed by atoms with Gasteiger partial charge in [-0.1, -0.05) is 30.4 Å². The smallest absolute Gasteiger partial charge is 0.490 e. The number of benzene rings is 2. The zero-order valence-corrected chi connectivity index (χ0v) is 17.9. The number of halogens is 3. The molecule has 3 aromatic rings. The van der Waals surface area contributed by atoms with Gasteiger partial charge < -0.3 is 24.6 Å². The second kappa shape index (κ2) is 10.2. The highest BCUT2D eigenvalue weighted by Crippen LogP contribution is 2.33. The standard InChI is InChI=1S/C19H17N3O3S.C2HF3O2/c1-23-17-8-12(13-9-20-21-10-13)6-7-14(17)22-19(26)18-11-24-15-4-2-3-5-16(15)25-18;3-2(4,5)1(6)7/h2-10,18H,11H2,1H3,(H,20,21)(H,22,26);(H,6,7). The van der Waals surface area contributed by atoms with Crippen LogP contribution in [0.5, 0.6) is 17.2 Å². The van der Waals surface area contributed by atoms with Crippen molar-refractivity contribution >= 4 is 28.9 Å². The van der Waals surface area contributed by atoms with E-state index < -0.39 is 12.1 Å². The number of carboxylic acids is 1. The van der Waals surface area contributed by atoms with Crippen molar-refractivity contribution < 1.29 is 37.3 Å². The van der Waals surface area contributed by atoms with E-state index in [4.69, 9.17) is 36.3 Å². The quantitative estimate of drug-likeness (QED) is 0.474. The van der Waals surface area contributed by atoms with Crippen LogP contribution >= 0.6 is 12.2 Å². The number of H-pyrrole nitrogens is 1. The number of carbonyl (C=O) groups is 1. The molecule has 2 heterocycles. The van der Waals surface area contributed by atoms with Gasteiger partial charge >= 0.3 is 12.1 Å². The molecule has 4 rings (SSSR count). The highest BCUT2D eigenvalue weighted by Gasteiger charge is 2.38. The van der Waals surface area contributed by atoms with Gasteiger partial charge in [0.25, 0.3) is 0 Å². The molecule has 174 valence electrons. The number of ether oxygens (including phenoxy) is 3. The van der Waals surface area contributed by atoms with Crippen molar-refractivity contribution in [2.24, 2.45) is 0 Å². The van der Waals surface area contributed by atoms with Gasteiger partial charge in [0.2, 0.25) is 0 Å². The second-order valence-corrected chi connectivity index (χ2v) is 7.00. The number of alkyl halides is 3. The number of nitrogens with zero attached hydrogens (tertiary/aromatic N) is 1. The summed E-state index contributed by atoms with van der Waals surface area (Å²) in [5.41, 5.74) is 2.75. The summed E-state index contributed by atoms with van der Waals surface area (Å²) < 4.78 is 48.9. The van der Waals surface area contributed by atoms with E-state index in [1.807, 2.05) is 48.7 Å². The van der Waals surface area contributed by atoms with Crippen LogP contribution in [0.25, 0.3) is 11.1 Å². The van der Waals surface area contributed by atoms with Gasteiger partial charge in [-0.3, -0.25) is 5.10 Å². The number of rotatable bonds is 4. The van der Waals surface area contributed by atoms with Crippen molar-refractivity contribution in [1.29, 1.82) is 0 Å². The molecule has 1 aliphatic heterocycles. The third-order valence-electron chi connectivity index (χ3n) is 4.33. The maximum absolute atomic E-state index is 10.6. The Kier molecular flexibility index (Phi) is 7.38. The molecule has 1 aliphatic rings. The van der Waals surface area contributed by atoms with Gasteiger partial charge in [-0.15, -0.1) is 0 Å². The van der Waals surface area contributed by atoms with Gasteiger partial charge in [-0.25, -0.2) is 4.79 Å². The molecule has 8 nitrogen and oxygen atoms in total. The summed E-state index contributed by atoms with van der Waals surface area (Å²) in [6.45, 7) is 0.359. The summed E-state index contributed by atoms with van der Waals surface area (Å²) in [6.07, 6.45) is -1.85. The Balaban J connectivity index is 0.000000383. The van der Waals surface area contributed by atoms with Gasteiger partial charge in [-0.2, -0.15) is 18.3 Å². The Labute approximate surface area is 191 Å². The molecule has 1 unspecified atom stereocenters. The molecular weight excluding hydrogens is 463 g/mol. The molecule has 0 spiro atoms. The second-order valence-electron chi connectivity index (χ2n) is 6.56. The van der Waals surface area contributed by atoms with E-state index in [2.05, 4.69) is 15.5 Å². The van der Waals surface area contributed by atoms with Crippen LogP contribution in [0, 0.1) is 0 Å². The minimum absolute atomic E-state index is 0.359. The van der Waals surface area contributed by atoms with Crippen LogP contribution in [0.3, 0.4) is 0 Å². The zero-order chi connectivity index (χ0) is 24.0. The Morgan fingerprint density at radius 3 is 2.55 bits per heavy atom. The van der Waals surface area contributed by atoms with Crippen LogP contribution in [0.2, 0.25) is 0 Å². The number of fused-ring (bicyclic) bond motifs is 1.